The molecule has 0 saturated heterocycles. The molecule has 3 aromatic rings. The number of aromatic nitrogens is 2. The van der Waals surface area contributed by atoms with Gasteiger partial charge in [-0.3, -0.25) is 0 Å². The van der Waals surface area contributed by atoms with Crippen molar-refractivity contribution in [2.45, 2.75) is 84.6 Å². The van der Waals surface area contributed by atoms with Gasteiger partial charge in [0.25, 0.3) is 0 Å². The molecule has 0 aliphatic rings. The Labute approximate surface area is 205 Å². The molecule has 0 radical (unpaired) electrons. The van der Waals surface area contributed by atoms with Crippen molar-refractivity contribution >= 4 is 11.0 Å². The predicted octanol–water partition coefficient (Wildman–Crippen LogP) is 3.70. The molecular formula is C28H41BrN2O. The highest BCUT2D eigenvalue weighted by Gasteiger charge is 2.26. The monoisotopic (exact) mass is 500 g/mol. The van der Waals surface area contributed by atoms with Crippen molar-refractivity contribution in [2.75, 3.05) is 6.61 Å². The highest BCUT2D eigenvalue weighted by Crippen LogP contribution is 2.38. The van der Waals surface area contributed by atoms with E-state index in [0.29, 0.717) is 0 Å². The number of imidazole rings is 1. The number of aryl methyl sites for hydroxylation is 2. The molecule has 0 atom stereocenters. The first kappa shape index (κ1) is 26.4. The number of ether oxygens (including phenoxy) is 1. The molecule has 0 spiro atoms. The Morgan fingerprint density at radius 3 is 2.28 bits per heavy atom. The van der Waals surface area contributed by atoms with Crippen molar-refractivity contribution < 1.29 is 26.3 Å². The molecule has 1 heterocycles. The third-order valence-electron chi connectivity index (χ3n) is 7.19. The van der Waals surface area contributed by atoms with Crippen LogP contribution in [0.3, 0.4) is 0 Å². The summed E-state index contributed by atoms with van der Waals surface area (Å²) >= 11 is 0. The van der Waals surface area contributed by atoms with Crippen LogP contribution < -0.4 is 26.3 Å². The van der Waals surface area contributed by atoms with Gasteiger partial charge in [0.05, 0.1) is 20.2 Å². The van der Waals surface area contributed by atoms with Crippen molar-refractivity contribution in [3.05, 3.63) is 59.9 Å². The first-order valence-corrected chi connectivity index (χ1v) is 11.9. The van der Waals surface area contributed by atoms with E-state index in [4.69, 9.17) is 4.74 Å². The van der Waals surface area contributed by atoms with Gasteiger partial charge in [0.1, 0.15) is 5.75 Å². The summed E-state index contributed by atoms with van der Waals surface area (Å²) in [6.45, 7) is 15.6. The molecule has 2 aromatic carbocycles. The fourth-order valence-electron chi connectivity index (χ4n) is 4.08. The topological polar surface area (TPSA) is 18.0 Å². The van der Waals surface area contributed by atoms with Crippen molar-refractivity contribution in [1.29, 1.82) is 0 Å². The van der Waals surface area contributed by atoms with Crippen LogP contribution in [0.15, 0.2) is 48.8 Å². The van der Waals surface area contributed by atoms with Crippen LogP contribution in [-0.4, -0.2) is 11.2 Å². The zero-order valence-corrected chi connectivity index (χ0v) is 22.6. The number of benzene rings is 2. The first-order chi connectivity index (χ1) is 14.7. The number of halogens is 1. The van der Waals surface area contributed by atoms with Gasteiger partial charge >= 0.3 is 0 Å². The summed E-state index contributed by atoms with van der Waals surface area (Å²) in [5.74, 6) is 1.06. The molecule has 32 heavy (non-hydrogen) atoms. The van der Waals surface area contributed by atoms with E-state index in [1.165, 1.54) is 22.2 Å². The minimum absolute atomic E-state index is 0. The average molecular weight is 502 g/mol. The summed E-state index contributed by atoms with van der Waals surface area (Å²) < 4.78 is 10.9. The fraction of sp³-hybridized carbons (Fsp3) is 0.536. The smallest absolute Gasteiger partial charge is 0.244 e. The van der Waals surface area contributed by atoms with Crippen LogP contribution in [0.5, 0.6) is 5.75 Å². The molecule has 0 amide bonds. The average Bonchev–Trinajstić information content (AvgIpc) is 3.09. The van der Waals surface area contributed by atoms with Gasteiger partial charge in [-0.05, 0) is 60.3 Å². The summed E-state index contributed by atoms with van der Waals surface area (Å²) in [6, 6.07) is 15.5. The lowest BCUT2D eigenvalue weighted by Gasteiger charge is -2.30. The van der Waals surface area contributed by atoms with Crippen molar-refractivity contribution in [3.8, 4) is 5.75 Å². The third kappa shape index (κ3) is 5.75. The predicted molar refractivity (Wildman–Crippen MR) is 131 cm³/mol. The van der Waals surface area contributed by atoms with Crippen molar-refractivity contribution in [2.24, 2.45) is 7.05 Å². The van der Waals surface area contributed by atoms with Crippen molar-refractivity contribution in [3.63, 3.8) is 0 Å². The summed E-state index contributed by atoms with van der Waals surface area (Å²) in [5, 5.41) is 0. The number of hydrogen-bond acceptors (Lipinski definition) is 1. The Morgan fingerprint density at radius 2 is 1.59 bits per heavy atom. The second-order valence-electron chi connectivity index (χ2n) is 10.1. The quantitative estimate of drug-likeness (QED) is 0.306. The minimum Gasteiger partial charge on any atom is -1.00 e. The lowest BCUT2D eigenvalue weighted by Crippen LogP contribution is -3.00. The van der Waals surface area contributed by atoms with Gasteiger partial charge < -0.3 is 21.7 Å². The molecule has 0 aliphatic carbocycles. The van der Waals surface area contributed by atoms with Gasteiger partial charge in [-0.15, -0.1) is 0 Å². The molecule has 0 saturated carbocycles. The molecule has 176 valence electrons. The van der Waals surface area contributed by atoms with E-state index in [1.807, 2.05) is 0 Å². The molecule has 0 bridgehead atoms. The lowest BCUT2D eigenvalue weighted by molar-refractivity contribution is -0.645. The van der Waals surface area contributed by atoms with E-state index in [-0.39, 0.29) is 27.8 Å². The molecule has 0 fully saturated rings. The van der Waals surface area contributed by atoms with Crippen LogP contribution in [0.1, 0.15) is 78.4 Å². The molecule has 0 unspecified atom stereocenters. The number of hydrogen-bond donors (Lipinski definition) is 0. The molecular weight excluding hydrogens is 460 g/mol. The van der Waals surface area contributed by atoms with E-state index in [1.54, 1.807) is 0 Å². The molecule has 0 N–H and O–H groups in total. The number of fused-ring (bicyclic) bond motifs is 1. The number of nitrogens with zero attached hydrogens (tertiary/aromatic N) is 2. The first-order valence-electron chi connectivity index (χ1n) is 11.9. The fourth-order valence-corrected chi connectivity index (χ4v) is 4.08. The normalized spacial score (nSPS) is 12.1. The van der Waals surface area contributed by atoms with E-state index < -0.39 is 0 Å². The van der Waals surface area contributed by atoms with Gasteiger partial charge in [-0.1, -0.05) is 65.8 Å². The summed E-state index contributed by atoms with van der Waals surface area (Å²) in [5.41, 5.74) is 5.62. The molecule has 1 aromatic heterocycles. The standard InChI is InChI=1S/C28H41N2O.BrH/c1-8-27(3,4)22-16-17-26(23(20-22)28(5,6)9-2)31-19-13-12-18-30-21-29(7)24-14-10-11-15-25(24)30;/h10-11,14-17,20-21H,8-9,12-13,18-19H2,1-7H3;1H/q+1;/p-1. The van der Waals surface area contributed by atoms with Gasteiger partial charge in [0.15, 0.2) is 11.0 Å². The Balaban J connectivity index is 0.00000363. The minimum atomic E-state index is 0. The second kappa shape index (κ2) is 10.9. The maximum absolute atomic E-state index is 6.34. The zero-order valence-electron chi connectivity index (χ0n) is 21.0. The van der Waals surface area contributed by atoms with Crippen LogP contribution in [0, 0.1) is 0 Å². The zero-order chi connectivity index (χ0) is 22.6. The Kier molecular flexibility index (Phi) is 8.98. The van der Waals surface area contributed by atoms with Crippen LogP contribution in [0.25, 0.3) is 11.0 Å². The summed E-state index contributed by atoms with van der Waals surface area (Å²) in [4.78, 5) is 0. The third-order valence-corrected chi connectivity index (χ3v) is 7.19. The molecule has 0 aliphatic heterocycles. The molecule has 3 nitrogen and oxygen atoms in total. The van der Waals surface area contributed by atoms with E-state index in [2.05, 4.69) is 107 Å². The summed E-state index contributed by atoms with van der Waals surface area (Å²) in [6.07, 6.45) is 6.57. The number of rotatable bonds is 10. The van der Waals surface area contributed by atoms with Gasteiger partial charge in [-0.2, -0.15) is 0 Å². The second-order valence-corrected chi connectivity index (χ2v) is 10.1. The highest BCUT2D eigenvalue weighted by molar-refractivity contribution is 5.71. The molecule has 4 heteroatoms. The van der Waals surface area contributed by atoms with E-state index in [9.17, 15) is 0 Å². The maximum Gasteiger partial charge on any atom is 0.244 e. The van der Waals surface area contributed by atoms with Crippen molar-refractivity contribution in [1.82, 2.24) is 4.57 Å². The van der Waals surface area contributed by atoms with Crippen LogP contribution in [0.4, 0.5) is 0 Å². The lowest BCUT2D eigenvalue weighted by atomic mass is 9.76. The van der Waals surface area contributed by atoms with Crippen LogP contribution >= 0.6 is 0 Å². The largest absolute Gasteiger partial charge is 1.00 e. The SMILES string of the molecule is CCC(C)(C)c1ccc(OCCCCn2c[n+](C)c3ccccc32)c(C(C)(C)CC)c1.[Br-]. The Hall–Kier alpha value is -1.81. The number of para-hydroxylation sites is 2. The summed E-state index contributed by atoms with van der Waals surface area (Å²) in [7, 11) is 2.11. The van der Waals surface area contributed by atoms with Gasteiger partial charge in [-0.25, -0.2) is 9.13 Å². The van der Waals surface area contributed by atoms with Crippen LogP contribution in [0.2, 0.25) is 0 Å². The van der Waals surface area contributed by atoms with E-state index >= 15 is 0 Å². The molecule has 3 rings (SSSR count). The van der Waals surface area contributed by atoms with E-state index in [0.717, 1.165) is 44.6 Å². The Bertz CT molecular complexity index is 1020. The van der Waals surface area contributed by atoms with Gasteiger partial charge in [0.2, 0.25) is 6.33 Å². The van der Waals surface area contributed by atoms with Gasteiger partial charge in [0, 0.05) is 5.56 Å². The number of unbranched alkanes of at least 4 members (excludes halogenated alkanes) is 1. The Morgan fingerprint density at radius 1 is 0.906 bits per heavy atom. The highest BCUT2D eigenvalue weighted by atomic mass is 79.9. The maximum atomic E-state index is 6.34. The van der Waals surface area contributed by atoms with Crippen LogP contribution in [-0.2, 0) is 24.4 Å².